The molecule has 0 N–H and O–H groups in total. The summed E-state index contributed by atoms with van der Waals surface area (Å²) in [5.74, 6) is 1.67. The molecule has 1 aliphatic heterocycles. The fraction of sp³-hybridized carbons (Fsp3) is 0.294. The van der Waals surface area contributed by atoms with Gasteiger partial charge in [0.15, 0.2) is 21.3 Å². The van der Waals surface area contributed by atoms with E-state index in [-0.39, 0.29) is 12.5 Å². The third-order valence-electron chi connectivity index (χ3n) is 3.88. The molecule has 0 aliphatic carbocycles. The summed E-state index contributed by atoms with van der Waals surface area (Å²) < 4.78 is 35.3. The predicted molar refractivity (Wildman–Crippen MR) is 91.8 cm³/mol. The van der Waals surface area contributed by atoms with Crippen molar-refractivity contribution in [3.05, 3.63) is 52.0 Å². The van der Waals surface area contributed by atoms with E-state index < -0.39 is 9.84 Å². The van der Waals surface area contributed by atoms with Crippen LogP contribution in [-0.2, 0) is 22.7 Å². The minimum Gasteiger partial charge on any atom is -0.454 e. The molecule has 4 nitrogen and oxygen atoms in total. The van der Waals surface area contributed by atoms with Gasteiger partial charge in [-0.3, -0.25) is 0 Å². The molecule has 2 aromatic rings. The lowest BCUT2D eigenvalue weighted by Gasteiger charge is -2.08. The third kappa shape index (κ3) is 3.53. The zero-order chi connectivity index (χ0) is 16.4. The highest BCUT2D eigenvalue weighted by Crippen LogP contribution is 2.33. The Kier molecular flexibility index (Phi) is 4.64. The molecular weight excluding hydrogens is 380 g/mol. The van der Waals surface area contributed by atoms with Crippen LogP contribution in [-0.4, -0.2) is 21.0 Å². The number of hydrogen-bond acceptors (Lipinski definition) is 4. The SMILES string of the molecule is CCS(=O)(=O)c1ccc(CCc2ccc3c(c2)OCO3)c(Br)c1. The lowest BCUT2D eigenvalue weighted by atomic mass is 10.0. The minimum atomic E-state index is -3.17. The summed E-state index contributed by atoms with van der Waals surface area (Å²) >= 11 is 3.48. The molecule has 0 aromatic heterocycles. The normalized spacial score (nSPS) is 13.3. The lowest BCUT2D eigenvalue weighted by Crippen LogP contribution is -2.04. The van der Waals surface area contributed by atoms with Gasteiger partial charge in [-0.15, -0.1) is 0 Å². The summed E-state index contributed by atoms with van der Waals surface area (Å²) in [5.41, 5.74) is 2.24. The quantitative estimate of drug-likeness (QED) is 0.771. The highest BCUT2D eigenvalue weighted by Gasteiger charge is 2.15. The first-order valence-electron chi connectivity index (χ1n) is 7.39. The van der Waals surface area contributed by atoms with Crippen LogP contribution in [0.15, 0.2) is 45.8 Å². The van der Waals surface area contributed by atoms with E-state index in [0.717, 1.165) is 39.9 Å². The zero-order valence-corrected chi connectivity index (χ0v) is 15.1. The van der Waals surface area contributed by atoms with E-state index in [4.69, 9.17) is 9.47 Å². The van der Waals surface area contributed by atoms with Crippen molar-refractivity contribution in [2.75, 3.05) is 12.5 Å². The van der Waals surface area contributed by atoms with Gasteiger partial charge in [-0.05, 0) is 48.2 Å². The van der Waals surface area contributed by atoms with Crippen molar-refractivity contribution in [3.63, 3.8) is 0 Å². The average Bonchev–Trinajstić information content (AvgIpc) is 3.01. The second-order valence-corrected chi connectivity index (χ2v) is 8.48. The topological polar surface area (TPSA) is 52.6 Å². The number of aryl methyl sites for hydroxylation is 2. The predicted octanol–water partition coefficient (Wildman–Crippen LogP) is 3.76. The van der Waals surface area contributed by atoms with Crippen molar-refractivity contribution < 1.29 is 17.9 Å². The molecule has 0 bridgehead atoms. The highest BCUT2D eigenvalue weighted by molar-refractivity contribution is 9.10. The van der Waals surface area contributed by atoms with E-state index >= 15 is 0 Å². The van der Waals surface area contributed by atoms with Crippen LogP contribution in [0.2, 0.25) is 0 Å². The monoisotopic (exact) mass is 396 g/mol. The molecule has 0 radical (unpaired) electrons. The third-order valence-corrected chi connectivity index (χ3v) is 6.35. The second-order valence-electron chi connectivity index (χ2n) is 5.34. The van der Waals surface area contributed by atoms with E-state index in [2.05, 4.69) is 15.9 Å². The molecule has 1 heterocycles. The first kappa shape index (κ1) is 16.3. The fourth-order valence-corrected chi connectivity index (χ4v) is 4.10. The van der Waals surface area contributed by atoms with E-state index in [0.29, 0.717) is 4.90 Å². The summed E-state index contributed by atoms with van der Waals surface area (Å²) in [5, 5.41) is 0. The van der Waals surface area contributed by atoms with Crippen LogP contribution in [0, 0.1) is 0 Å². The maximum atomic E-state index is 11.9. The van der Waals surface area contributed by atoms with Gasteiger partial charge in [0.1, 0.15) is 0 Å². The van der Waals surface area contributed by atoms with Crippen molar-refractivity contribution in [2.45, 2.75) is 24.7 Å². The number of fused-ring (bicyclic) bond motifs is 1. The van der Waals surface area contributed by atoms with E-state index in [1.54, 1.807) is 19.1 Å². The van der Waals surface area contributed by atoms with Gasteiger partial charge >= 0.3 is 0 Å². The molecule has 3 rings (SSSR count). The molecule has 0 spiro atoms. The van der Waals surface area contributed by atoms with Crippen LogP contribution < -0.4 is 9.47 Å². The first-order valence-corrected chi connectivity index (χ1v) is 9.84. The summed E-state index contributed by atoms with van der Waals surface area (Å²) in [4.78, 5) is 0.360. The second kappa shape index (κ2) is 6.53. The summed E-state index contributed by atoms with van der Waals surface area (Å²) in [6, 6.07) is 11.2. The number of rotatable bonds is 5. The lowest BCUT2D eigenvalue weighted by molar-refractivity contribution is 0.174. The van der Waals surface area contributed by atoms with E-state index in [1.807, 2.05) is 24.3 Å². The Morgan fingerprint density at radius 3 is 2.57 bits per heavy atom. The van der Waals surface area contributed by atoms with Gasteiger partial charge in [0.05, 0.1) is 10.6 Å². The fourth-order valence-electron chi connectivity index (χ4n) is 2.47. The van der Waals surface area contributed by atoms with Gasteiger partial charge in [-0.1, -0.05) is 35.0 Å². The highest BCUT2D eigenvalue weighted by atomic mass is 79.9. The van der Waals surface area contributed by atoms with Crippen LogP contribution in [0.5, 0.6) is 11.5 Å². The Labute approximate surface area is 144 Å². The minimum absolute atomic E-state index is 0.107. The Balaban J connectivity index is 1.74. The van der Waals surface area contributed by atoms with Crippen LogP contribution in [0.1, 0.15) is 18.1 Å². The van der Waals surface area contributed by atoms with Crippen molar-refractivity contribution in [2.24, 2.45) is 0 Å². The number of halogens is 1. The summed E-state index contributed by atoms with van der Waals surface area (Å²) in [6.45, 7) is 1.93. The summed E-state index contributed by atoms with van der Waals surface area (Å²) in [7, 11) is -3.17. The van der Waals surface area contributed by atoms with Gasteiger partial charge in [0.2, 0.25) is 6.79 Å². The van der Waals surface area contributed by atoms with E-state index in [1.165, 1.54) is 0 Å². The van der Waals surface area contributed by atoms with Gasteiger partial charge in [0.25, 0.3) is 0 Å². The molecule has 23 heavy (non-hydrogen) atoms. The Bertz CT molecular complexity index is 830. The van der Waals surface area contributed by atoms with Crippen LogP contribution in [0.3, 0.4) is 0 Å². The van der Waals surface area contributed by atoms with Crippen LogP contribution >= 0.6 is 15.9 Å². The molecule has 122 valence electrons. The molecule has 6 heteroatoms. The number of hydrogen-bond donors (Lipinski definition) is 0. The molecule has 2 aromatic carbocycles. The molecule has 0 fully saturated rings. The number of sulfone groups is 1. The van der Waals surface area contributed by atoms with Crippen molar-refractivity contribution in [1.29, 1.82) is 0 Å². The maximum absolute atomic E-state index is 11.9. The van der Waals surface area contributed by atoms with Crippen LogP contribution in [0.4, 0.5) is 0 Å². The molecule has 0 amide bonds. The number of ether oxygens (including phenoxy) is 2. The van der Waals surface area contributed by atoms with Gasteiger partial charge in [-0.25, -0.2) is 8.42 Å². The standard InChI is InChI=1S/C17H17BrO4S/c1-2-23(19,20)14-7-6-13(15(18)10-14)5-3-12-4-8-16-17(9-12)22-11-21-16/h4,6-10H,2-3,5,11H2,1H3. The van der Waals surface area contributed by atoms with Crippen LogP contribution in [0.25, 0.3) is 0 Å². The molecule has 0 saturated carbocycles. The van der Waals surface area contributed by atoms with Gasteiger partial charge < -0.3 is 9.47 Å². The van der Waals surface area contributed by atoms with Gasteiger partial charge in [0, 0.05) is 4.47 Å². The van der Waals surface area contributed by atoms with Crippen molar-refractivity contribution in [1.82, 2.24) is 0 Å². The largest absolute Gasteiger partial charge is 0.454 e. The molecule has 1 aliphatic rings. The molecule has 0 unspecified atom stereocenters. The Morgan fingerprint density at radius 1 is 1.04 bits per heavy atom. The average molecular weight is 397 g/mol. The van der Waals surface area contributed by atoms with Crippen molar-refractivity contribution >= 4 is 25.8 Å². The maximum Gasteiger partial charge on any atom is 0.231 e. The molecular formula is C17H17BrO4S. The smallest absolute Gasteiger partial charge is 0.231 e. The van der Waals surface area contributed by atoms with Gasteiger partial charge in [-0.2, -0.15) is 0 Å². The first-order chi connectivity index (χ1) is 11.0. The number of benzene rings is 2. The molecule has 0 saturated heterocycles. The molecule has 0 atom stereocenters. The Hall–Kier alpha value is -1.53. The Morgan fingerprint density at radius 2 is 1.83 bits per heavy atom. The zero-order valence-electron chi connectivity index (χ0n) is 12.7. The van der Waals surface area contributed by atoms with E-state index in [9.17, 15) is 8.42 Å². The van der Waals surface area contributed by atoms with Crippen molar-refractivity contribution in [3.8, 4) is 11.5 Å². The summed E-state index contributed by atoms with van der Waals surface area (Å²) in [6.07, 6.45) is 1.65.